The molecule has 0 radical (unpaired) electrons. The zero-order valence-electron chi connectivity index (χ0n) is 17.6. The van der Waals surface area contributed by atoms with Gasteiger partial charge in [0.05, 0.1) is 13.2 Å². The smallest absolute Gasteiger partial charge is 0.158 e. The van der Waals surface area contributed by atoms with E-state index in [9.17, 15) is 4.89 Å². The Morgan fingerprint density at radius 1 is 1.00 bits per heavy atom. The third-order valence-electron chi connectivity index (χ3n) is 4.94. The predicted molar refractivity (Wildman–Crippen MR) is 117 cm³/mol. The average molecular weight is 436 g/mol. The quantitative estimate of drug-likeness (QED) is 0.178. The van der Waals surface area contributed by atoms with Gasteiger partial charge in [-0.25, -0.2) is 0 Å². The highest BCUT2D eigenvalue weighted by Gasteiger charge is 2.26. The average Bonchev–Trinajstić information content (AvgIpc) is 3.10. The van der Waals surface area contributed by atoms with Gasteiger partial charge in [0.25, 0.3) is 0 Å². The van der Waals surface area contributed by atoms with E-state index in [1.54, 1.807) is 0 Å². The maximum absolute atomic E-state index is 10.9. The van der Waals surface area contributed by atoms with Crippen LogP contribution in [0.25, 0.3) is 0 Å². The molecule has 166 valence electrons. The van der Waals surface area contributed by atoms with E-state index in [1.165, 1.54) is 77.0 Å². The van der Waals surface area contributed by atoms with Gasteiger partial charge < -0.3 is 23.8 Å². The van der Waals surface area contributed by atoms with Crippen molar-refractivity contribution in [1.82, 2.24) is 0 Å². The van der Waals surface area contributed by atoms with Gasteiger partial charge in [0, 0.05) is 0 Å². The number of hydrogen-bond acceptors (Lipinski definition) is 5. The molecule has 0 amide bonds. The van der Waals surface area contributed by atoms with Crippen molar-refractivity contribution in [2.75, 3.05) is 13.2 Å². The number of hydrogen-bond donors (Lipinski definition) is 1. The van der Waals surface area contributed by atoms with Crippen molar-refractivity contribution in [2.45, 2.75) is 109 Å². The lowest BCUT2D eigenvalue weighted by atomic mass is 10.1. The van der Waals surface area contributed by atoms with Crippen LogP contribution < -0.4 is 4.89 Å². The lowest BCUT2D eigenvalue weighted by Gasteiger charge is -2.21. The molecule has 3 unspecified atom stereocenters. The van der Waals surface area contributed by atoms with Crippen molar-refractivity contribution >= 4 is 18.5 Å². The molecule has 1 heterocycles. The Balaban J connectivity index is 1.83. The topological polar surface area (TPSA) is 71.0 Å². The van der Waals surface area contributed by atoms with Crippen LogP contribution in [-0.2, 0) is 25.8 Å². The standard InChI is InChI=1S/C21H41O5PS/c1-2-3-4-5-6-7-8-9-10-11-12-13-14-15-16-17-21-24-18-20(26-21)19-25-27(22,23)28/h9-10,20-21H,2-8,11-19H2,1H3,(H2,22,23,28)/p-1/b10-9-. The lowest BCUT2D eigenvalue weighted by molar-refractivity contribution is -0.203. The largest absolute Gasteiger partial charge is 0.780 e. The molecule has 1 aliphatic heterocycles. The van der Waals surface area contributed by atoms with Gasteiger partial charge in [0.1, 0.15) is 12.8 Å². The second kappa shape index (κ2) is 16.9. The van der Waals surface area contributed by atoms with Crippen molar-refractivity contribution < 1.29 is 23.8 Å². The van der Waals surface area contributed by atoms with Gasteiger partial charge in [0.2, 0.25) is 0 Å². The van der Waals surface area contributed by atoms with Crippen LogP contribution in [0, 0.1) is 0 Å². The van der Waals surface area contributed by atoms with Crippen LogP contribution >= 0.6 is 6.72 Å². The van der Waals surface area contributed by atoms with Crippen LogP contribution in [-0.4, -0.2) is 30.5 Å². The second-order valence-corrected chi connectivity index (χ2v) is 10.2. The van der Waals surface area contributed by atoms with Gasteiger partial charge in [0.15, 0.2) is 6.29 Å². The third kappa shape index (κ3) is 16.0. The summed E-state index contributed by atoms with van der Waals surface area (Å²) in [4.78, 5) is 19.9. The van der Waals surface area contributed by atoms with Crippen LogP contribution in [0.2, 0.25) is 0 Å². The predicted octanol–water partition coefficient (Wildman–Crippen LogP) is 5.36. The minimum Gasteiger partial charge on any atom is -0.780 e. The molecule has 1 rings (SSSR count). The normalized spacial score (nSPS) is 22.1. The fraction of sp³-hybridized carbons (Fsp3) is 0.905. The van der Waals surface area contributed by atoms with Crippen LogP contribution in [0.15, 0.2) is 12.2 Å². The Labute approximate surface area is 177 Å². The Morgan fingerprint density at radius 3 is 2.18 bits per heavy atom. The Kier molecular flexibility index (Phi) is 15.9. The molecule has 5 nitrogen and oxygen atoms in total. The highest BCUT2D eigenvalue weighted by molar-refractivity contribution is 8.06. The van der Waals surface area contributed by atoms with Crippen LogP contribution in [0.3, 0.4) is 0 Å². The molecule has 1 aliphatic rings. The molecular weight excluding hydrogens is 395 g/mol. The number of unbranched alkanes of at least 4 members (excludes halogenated alkanes) is 11. The minimum absolute atomic E-state index is 0.0140. The summed E-state index contributed by atoms with van der Waals surface area (Å²) in [6.45, 7) is -1.18. The van der Waals surface area contributed by atoms with Crippen molar-refractivity contribution in [3.8, 4) is 0 Å². The summed E-state index contributed by atoms with van der Waals surface area (Å²) in [5.41, 5.74) is 0. The summed E-state index contributed by atoms with van der Waals surface area (Å²) in [5.74, 6) is 0. The molecule has 0 saturated carbocycles. The number of rotatable bonds is 18. The molecule has 0 aromatic rings. The summed E-state index contributed by atoms with van der Waals surface area (Å²) >= 11 is 4.31. The second-order valence-electron chi connectivity index (χ2n) is 7.66. The Bertz CT molecular complexity index is 441. The molecule has 7 heteroatoms. The van der Waals surface area contributed by atoms with E-state index >= 15 is 0 Å². The molecule has 1 fully saturated rings. The summed E-state index contributed by atoms with van der Waals surface area (Å²) in [5, 5.41) is 0. The molecule has 1 N–H and O–H groups in total. The van der Waals surface area contributed by atoms with E-state index in [2.05, 4.69) is 30.9 Å². The molecule has 1 saturated heterocycles. The first-order chi connectivity index (χ1) is 13.5. The molecule has 0 aromatic carbocycles. The van der Waals surface area contributed by atoms with E-state index < -0.39 is 6.72 Å². The molecule has 3 atom stereocenters. The Morgan fingerprint density at radius 2 is 1.57 bits per heavy atom. The number of allylic oxidation sites excluding steroid dienone is 2. The van der Waals surface area contributed by atoms with Crippen molar-refractivity contribution in [3.05, 3.63) is 12.2 Å². The van der Waals surface area contributed by atoms with Crippen LogP contribution in [0.5, 0.6) is 0 Å². The molecular formula is C21H40O5PS-. The maximum Gasteiger partial charge on any atom is 0.158 e. The Hall–Kier alpha value is 0.190. The highest BCUT2D eigenvalue weighted by Crippen LogP contribution is 2.32. The molecule has 0 bridgehead atoms. The molecule has 28 heavy (non-hydrogen) atoms. The van der Waals surface area contributed by atoms with Gasteiger partial charge in [-0.15, -0.1) is 0 Å². The molecule has 0 aromatic heterocycles. The fourth-order valence-corrected chi connectivity index (χ4v) is 3.84. The van der Waals surface area contributed by atoms with Crippen LogP contribution in [0.1, 0.15) is 96.8 Å². The minimum atomic E-state index is -3.85. The molecule has 0 aliphatic carbocycles. The van der Waals surface area contributed by atoms with E-state index in [0.29, 0.717) is 6.61 Å². The first-order valence-corrected chi connectivity index (χ1v) is 13.7. The third-order valence-corrected chi connectivity index (χ3v) is 5.73. The van der Waals surface area contributed by atoms with E-state index in [1.807, 2.05) is 0 Å². The van der Waals surface area contributed by atoms with Gasteiger partial charge in [-0.2, -0.15) is 0 Å². The summed E-state index contributed by atoms with van der Waals surface area (Å²) in [6.07, 6.45) is 21.8. The fourth-order valence-electron chi connectivity index (χ4n) is 3.31. The first kappa shape index (κ1) is 26.2. The van der Waals surface area contributed by atoms with Crippen LogP contribution in [0.4, 0.5) is 0 Å². The van der Waals surface area contributed by atoms with Crippen molar-refractivity contribution in [1.29, 1.82) is 0 Å². The lowest BCUT2D eigenvalue weighted by Crippen LogP contribution is -2.20. The first-order valence-electron chi connectivity index (χ1n) is 11.1. The van der Waals surface area contributed by atoms with Crippen molar-refractivity contribution in [2.24, 2.45) is 0 Å². The summed E-state index contributed by atoms with van der Waals surface area (Å²) in [7, 11) is 0. The van der Waals surface area contributed by atoms with Gasteiger partial charge in [-0.3, -0.25) is 0 Å². The number of ether oxygens (including phenoxy) is 2. The highest BCUT2D eigenvalue weighted by atomic mass is 32.5. The zero-order chi connectivity index (χ0) is 20.5. The van der Waals surface area contributed by atoms with Gasteiger partial charge in [-0.05, 0) is 38.5 Å². The van der Waals surface area contributed by atoms with E-state index in [0.717, 1.165) is 12.8 Å². The van der Waals surface area contributed by atoms with E-state index in [4.69, 9.17) is 18.9 Å². The van der Waals surface area contributed by atoms with Gasteiger partial charge >= 0.3 is 0 Å². The molecule has 0 spiro atoms. The van der Waals surface area contributed by atoms with Crippen molar-refractivity contribution in [3.63, 3.8) is 0 Å². The summed E-state index contributed by atoms with van der Waals surface area (Å²) in [6, 6.07) is 0. The van der Waals surface area contributed by atoms with Gasteiger partial charge in [-0.1, -0.05) is 82.2 Å². The SMILES string of the molecule is CCCCCCCC/C=C\CCCCCCCC1OCC(COP([O-])(O)=S)O1. The monoisotopic (exact) mass is 435 g/mol. The summed E-state index contributed by atoms with van der Waals surface area (Å²) < 4.78 is 15.9. The zero-order valence-corrected chi connectivity index (χ0v) is 19.3. The maximum atomic E-state index is 10.9. The van der Waals surface area contributed by atoms with E-state index in [-0.39, 0.29) is 19.0 Å².